The van der Waals surface area contributed by atoms with Crippen molar-refractivity contribution in [3.05, 3.63) is 64.2 Å². The first-order chi connectivity index (χ1) is 20.7. The molecule has 45 heavy (non-hydrogen) atoms. The zero-order valence-electron chi connectivity index (χ0n) is 25.7. The van der Waals surface area contributed by atoms with Crippen LogP contribution in [-0.2, 0) is 26.7 Å². The molecule has 4 rings (SSSR count). The van der Waals surface area contributed by atoms with Gasteiger partial charge < -0.3 is 9.47 Å². The molecule has 1 aliphatic heterocycles. The van der Waals surface area contributed by atoms with Crippen LogP contribution < -0.4 is 9.64 Å². The molecule has 1 heterocycles. The van der Waals surface area contributed by atoms with Gasteiger partial charge in [-0.15, -0.1) is 0 Å². The molecular weight excluding hydrogens is 606 g/mol. The van der Waals surface area contributed by atoms with E-state index in [1.54, 1.807) is 18.2 Å². The van der Waals surface area contributed by atoms with Gasteiger partial charge in [0, 0.05) is 26.0 Å². The van der Waals surface area contributed by atoms with Crippen molar-refractivity contribution in [1.29, 1.82) is 0 Å². The summed E-state index contributed by atoms with van der Waals surface area (Å²) in [5, 5.41) is 0. The zero-order chi connectivity index (χ0) is 33.6. The maximum atomic E-state index is 13.5. The van der Waals surface area contributed by atoms with Crippen molar-refractivity contribution in [3.8, 4) is 5.75 Å². The van der Waals surface area contributed by atoms with Gasteiger partial charge in [-0.2, -0.15) is 26.3 Å². The van der Waals surface area contributed by atoms with Gasteiger partial charge in [0.2, 0.25) is 11.8 Å². The highest BCUT2D eigenvalue weighted by atomic mass is 19.4. The highest BCUT2D eigenvalue weighted by Gasteiger charge is 2.44. The lowest BCUT2D eigenvalue weighted by atomic mass is 9.72. The van der Waals surface area contributed by atoms with Gasteiger partial charge >= 0.3 is 18.4 Å². The number of rotatable bonds is 6. The van der Waals surface area contributed by atoms with Crippen LogP contribution in [0, 0.1) is 5.41 Å². The molecule has 7 nitrogen and oxygen atoms in total. The largest absolute Gasteiger partial charge is 0.496 e. The Balaban J connectivity index is 1.78. The number of carbonyl (C=O) groups excluding carboxylic acids is 3. The van der Waals surface area contributed by atoms with E-state index in [-0.39, 0.29) is 18.0 Å². The number of cyclic esters (lactones) is 1. The fourth-order valence-corrected chi connectivity index (χ4v) is 6.05. The lowest BCUT2D eigenvalue weighted by molar-refractivity contribution is -0.143. The molecule has 244 valence electrons. The highest BCUT2D eigenvalue weighted by molar-refractivity contribution is 6.13. The number of halogens is 6. The van der Waals surface area contributed by atoms with Gasteiger partial charge in [-0.05, 0) is 84.7 Å². The fraction of sp³-hybridized carbons (Fsp3) is 0.469. The first kappa shape index (κ1) is 33.9. The van der Waals surface area contributed by atoms with Crippen molar-refractivity contribution in [2.24, 2.45) is 5.41 Å². The summed E-state index contributed by atoms with van der Waals surface area (Å²) in [6.07, 6.45) is -10.6. The number of alkyl halides is 6. The van der Waals surface area contributed by atoms with E-state index in [1.165, 1.54) is 32.8 Å². The second kappa shape index (κ2) is 12.1. The molecule has 2 aromatic carbocycles. The second-order valence-electron chi connectivity index (χ2n) is 12.2. The van der Waals surface area contributed by atoms with Crippen molar-refractivity contribution in [3.63, 3.8) is 0 Å². The van der Waals surface area contributed by atoms with Gasteiger partial charge in [-0.25, -0.2) is 4.79 Å². The highest BCUT2D eigenvalue weighted by Crippen LogP contribution is 2.47. The van der Waals surface area contributed by atoms with Gasteiger partial charge in [0.15, 0.2) is 0 Å². The van der Waals surface area contributed by atoms with E-state index in [0.717, 1.165) is 22.5 Å². The Hall–Kier alpha value is -4.03. The van der Waals surface area contributed by atoms with Crippen molar-refractivity contribution in [1.82, 2.24) is 4.90 Å². The summed E-state index contributed by atoms with van der Waals surface area (Å²) in [5.41, 5.74) is -1.12. The summed E-state index contributed by atoms with van der Waals surface area (Å²) in [7, 11) is 1.47. The van der Waals surface area contributed by atoms with Crippen LogP contribution in [-0.4, -0.2) is 42.5 Å². The average Bonchev–Trinajstić information content (AvgIpc) is 3.19. The maximum Gasteiger partial charge on any atom is 0.416 e. The van der Waals surface area contributed by atoms with Crippen LogP contribution in [0.4, 0.5) is 36.8 Å². The number of anilines is 1. The van der Waals surface area contributed by atoms with E-state index in [0.29, 0.717) is 42.0 Å². The third-order valence-electron chi connectivity index (χ3n) is 8.26. The summed E-state index contributed by atoms with van der Waals surface area (Å²) in [5.74, 6) is -0.516. The third kappa shape index (κ3) is 7.12. The molecule has 13 heteroatoms. The van der Waals surface area contributed by atoms with E-state index in [2.05, 4.69) is 0 Å². The molecule has 3 amide bonds. The van der Waals surface area contributed by atoms with E-state index in [1.807, 2.05) is 13.8 Å². The predicted octanol–water partition coefficient (Wildman–Crippen LogP) is 8.18. The molecule has 0 aromatic heterocycles. The summed E-state index contributed by atoms with van der Waals surface area (Å²) in [4.78, 5) is 40.0. The minimum absolute atomic E-state index is 0.0170. The quantitative estimate of drug-likeness (QED) is 0.298. The number of methoxy groups -OCH3 is 1. The monoisotopic (exact) mass is 640 g/mol. The molecule has 0 saturated carbocycles. The molecule has 0 bridgehead atoms. The Labute approximate surface area is 256 Å². The zero-order valence-corrected chi connectivity index (χ0v) is 25.7. The van der Waals surface area contributed by atoms with Gasteiger partial charge in [0.25, 0.3) is 0 Å². The molecule has 2 aliphatic rings. The van der Waals surface area contributed by atoms with Crippen LogP contribution in [0.25, 0.3) is 5.57 Å². The third-order valence-corrected chi connectivity index (χ3v) is 8.26. The lowest BCUT2D eigenvalue weighted by Crippen LogP contribution is -2.36. The average molecular weight is 641 g/mol. The van der Waals surface area contributed by atoms with Crippen LogP contribution in [0.15, 0.2) is 42.0 Å². The molecule has 0 unspecified atom stereocenters. The lowest BCUT2D eigenvalue weighted by Gasteiger charge is -2.36. The molecule has 1 saturated heterocycles. The predicted molar refractivity (Wildman–Crippen MR) is 153 cm³/mol. The second-order valence-corrected chi connectivity index (χ2v) is 12.2. The van der Waals surface area contributed by atoms with Crippen molar-refractivity contribution in [2.75, 3.05) is 18.6 Å². The number of hydrogen-bond donors (Lipinski definition) is 0. The molecule has 2 aromatic rings. The summed E-state index contributed by atoms with van der Waals surface area (Å²) < 4.78 is 92.3. The molecule has 0 spiro atoms. The number of ether oxygens (including phenoxy) is 2. The standard InChI is InChI=1S/C32H34F6N2O5/c1-17-28(20-11-22(31(33,34)35)13-23(12-20)32(36,37)38)45-29(43)39(17)16-21-15-30(4,5)10-9-25(21)26-14-24(7-8-27(26)44-6)40(18(2)41)19(3)42/h7-8,11-14,17,28H,9-10,15-16H2,1-6H3/t17-,28-/m0/s1. The first-order valence-electron chi connectivity index (χ1n) is 14.2. The van der Waals surface area contributed by atoms with Crippen molar-refractivity contribution >= 4 is 29.2 Å². The van der Waals surface area contributed by atoms with Gasteiger partial charge in [0.1, 0.15) is 11.9 Å². The summed E-state index contributed by atoms with van der Waals surface area (Å²) in [6, 6.07) is 5.13. The number of benzene rings is 2. The topological polar surface area (TPSA) is 76.2 Å². The van der Waals surface area contributed by atoms with E-state index in [9.17, 15) is 40.7 Å². The summed E-state index contributed by atoms with van der Waals surface area (Å²) in [6.45, 7) is 8.10. The van der Waals surface area contributed by atoms with Crippen molar-refractivity contribution < 1.29 is 50.2 Å². The fourth-order valence-electron chi connectivity index (χ4n) is 6.05. The number of nitrogens with zero attached hydrogens (tertiary/aromatic N) is 2. The van der Waals surface area contributed by atoms with E-state index < -0.39 is 59.1 Å². The summed E-state index contributed by atoms with van der Waals surface area (Å²) >= 11 is 0. The smallest absolute Gasteiger partial charge is 0.416 e. The van der Waals surface area contributed by atoms with Crippen molar-refractivity contribution in [2.45, 2.75) is 78.4 Å². The Morgan fingerprint density at radius 3 is 2.09 bits per heavy atom. The molecule has 0 radical (unpaired) electrons. The molecule has 2 atom stereocenters. The molecule has 1 fully saturated rings. The van der Waals surface area contributed by atoms with Crippen LogP contribution in [0.2, 0.25) is 0 Å². The Morgan fingerprint density at radius 2 is 1.58 bits per heavy atom. The van der Waals surface area contributed by atoms with Gasteiger partial charge in [-0.1, -0.05) is 13.8 Å². The Morgan fingerprint density at radius 1 is 1.00 bits per heavy atom. The Kier molecular flexibility index (Phi) is 9.07. The van der Waals surface area contributed by atoms with E-state index in [4.69, 9.17) is 9.47 Å². The maximum absolute atomic E-state index is 13.5. The van der Waals surface area contributed by atoms with Crippen LogP contribution >= 0.6 is 0 Å². The van der Waals surface area contributed by atoms with E-state index >= 15 is 0 Å². The minimum atomic E-state index is -5.05. The number of imide groups is 1. The van der Waals surface area contributed by atoms with Crippen LogP contribution in [0.5, 0.6) is 5.75 Å². The minimum Gasteiger partial charge on any atom is -0.496 e. The van der Waals surface area contributed by atoms with Crippen LogP contribution in [0.1, 0.15) is 82.2 Å². The number of amides is 3. The number of hydrogen-bond acceptors (Lipinski definition) is 5. The molecule has 1 aliphatic carbocycles. The number of allylic oxidation sites excluding steroid dienone is 1. The van der Waals surface area contributed by atoms with Gasteiger partial charge in [0.05, 0.1) is 30.0 Å². The van der Waals surface area contributed by atoms with Gasteiger partial charge in [-0.3, -0.25) is 19.4 Å². The molecule has 0 N–H and O–H groups in total. The normalized spacial score (nSPS) is 20.3. The number of carbonyl (C=O) groups is 3. The SMILES string of the molecule is COc1ccc(N(C(C)=O)C(C)=O)cc1C1=C(CN2C(=O)O[C@H](c3cc(C(F)(F)F)cc(C(F)(F)F)c3)[C@@H]2C)CC(C)(C)CC1. The Bertz CT molecular complexity index is 1500. The molecular formula is C32H34F6N2O5. The first-order valence-corrected chi connectivity index (χ1v) is 14.2. The van der Waals surface area contributed by atoms with Crippen LogP contribution in [0.3, 0.4) is 0 Å².